The molecule has 0 unspecified atom stereocenters. The zero-order chi connectivity index (χ0) is 16.1. The van der Waals surface area contributed by atoms with Gasteiger partial charge in [0, 0.05) is 5.38 Å². The van der Waals surface area contributed by atoms with Crippen LogP contribution < -0.4 is 5.32 Å². The molecule has 0 aliphatic carbocycles. The number of carboxylic acid groups (broad SMARTS) is 1. The fourth-order valence-electron chi connectivity index (χ4n) is 1.94. The van der Waals surface area contributed by atoms with E-state index in [1.807, 2.05) is 19.9 Å². The topological polar surface area (TPSA) is 92.4 Å². The first-order valence-corrected chi connectivity index (χ1v) is 7.95. The predicted molar refractivity (Wildman–Crippen MR) is 83.0 cm³/mol. The highest BCUT2D eigenvalue weighted by molar-refractivity contribution is 7.13. The normalized spacial score (nSPS) is 12.1. The molecule has 118 valence electrons. The van der Waals surface area contributed by atoms with E-state index in [1.165, 1.54) is 11.3 Å². The molecule has 0 spiro atoms. The van der Waals surface area contributed by atoms with Crippen LogP contribution in [0.3, 0.4) is 0 Å². The number of hydrogen-bond acceptors (Lipinski definition) is 5. The number of nitrogens with zero attached hydrogens (tertiary/aromatic N) is 1. The Hall–Kier alpha value is -2.15. The van der Waals surface area contributed by atoms with Crippen LogP contribution in [-0.4, -0.2) is 28.0 Å². The van der Waals surface area contributed by atoms with Crippen molar-refractivity contribution in [3.05, 3.63) is 29.0 Å². The van der Waals surface area contributed by atoms with Crippen LogP contribution in [-0.2, 0) is 4.79 Å². The number of nitrogens with one attached hydrogen (secondary N) is 1. The van der Waals surface area contributed by atoms with Gasteiger partial charge in [-0.2, -0.15) is 0 Å². The highest BCUT2D eigenvalue weighted by atomic mass is 32.1. The van der Waals surface area contributed by atoms with Crippen molar-refractivity contribution < 1.29 is 19.1 Å². The van der Waals surface area contributed by atoms with E-state index in [2.05, 4.69) is 10.3 Å². The molecule has 1 amide bonds. The molecule has 2 aromatic rings. The molecule has 2 heterocycles. The molecule has 2 rings (SSSR count). The SMILES string of the molecule is CCCC[C@H](NC(=O)c1csc(-c2ccc(C)o2)n1)C(=O)O. The second kappa shape index (κ2) is 7.22. The minimum atomic E-state index is -1.03. The molecule has 0 bridgehead atoms. The fraction of sp³-hybridized carbons (Fsp3) is 0.400. The molecule has 0 saturated heterocycles. The van der Waals surface area contributed by atoms with E-state index in [0.29, 0.717) is 17.2 Å². The number of aryl methyl sites for hydroxylation is 1. The van der Waals surface area contributed by atoms with Gasteiger partial charge in [0.2, 0.25) is 0 Å². The molecule has 0 fully saturated rings. The molecule has 0 aromatic carbocycles. The van der Waals surface area contributed by atoms with Crippen LogP contribution in [0.5, 0.6) is 0 Å². The third-order valence-corrected chi connectivity index (χ3v) is 3.99. The Balaban J connectivity index is 2.06. The maximum absolute atomic E-state index is 12.1. The van der Waals surface area contributed by atoms with Crippen molar-refractivity contribution in [2.24, 2.45) is 0 Å². The maximum Gasteiger partial charge on any atom is 0.326 e. The molecule has 0 aliphatic heterocycles. The van der Waals surface area contributed by atoms with Crippen molar-refractivity contribution in [3.63, 3.8) is 0 Å². The second-order valence-electron chi connectivity index (χ2n) is 4.95. The summed E-state index contributed by atoms with van der Waals surface area (Å²) in [4.78, 5) is 27.5. The molecule has 6 nitrogen and oxygen atoms in total. The highest BCUT2D eigenvalue weighted by Crippen LogP contribution is 2.25. The molecule has 1 atom stereocenters. The van der Waals surface area contributed by atoms with Crippen LogP contribution in [0.2, 0.25) is 0 Å². The average Bonchev–Trinajstić information content (AvgIpc) is 3.11. The lowest BCUT2D eigenvalue weighted by Gasteiger charge is -2.12. The molecule has 2 N–H and O–H groups in total. The van der Waals surface area contributed by atoms with E-state index in [0.717, 1.165) is 18.6 Å². The number of aromatic nitrogens is 1. The molecule has 22 heavy (non-hydrogen) atoms. The van der Waals surface area contributed by atoms with Gasteiger partial charge in [-0.25, -0.2) is 9.78 Å². The number of carbonyl (C=O) groups excluding carboxylic acids is 1. The largest absolute Gasteiger partial charge is 0.480 e. The molecule has 7 heteroatoms. The Morgan fingerprint density at radius 1 is 1.45 bits per heavy atom. The van der Waals surface area contributed by atoms with Gasteiger partial charge >= 0.3 is 5.97 Å². The molecular weight excluding hydrogens is 304 g/mol. The summed E-state index contributed by atoms with van der Waals surface area (Å²) in [6.07, 6.45) is 2.02. The van der Waals surface area contributed by atoms with Gasteiger partial charge in [0.1, 0.15) is 17.5 Å². The van der Waals surface area contributed by atoms with Crippen molar-refractivity contribution >= 4 is 23.2 Å². The zero-order valence-corrected chi connectivity index (χ0v) is 13.3. The Morgan fingerprint density at radius 2 is 2.23 bits per heavy atom. The molecule has 2 aromatic heterocycles. The summed E-state index contributed by atoms with van der Waals surface area (Å²) in [5.74, 6) is -0.141. The summed E-state index contributed by atoms with van der Waals surface area (Å²) in [5, 5.41) is 13.8. The highest BCUT2D eigenvalue weighted by Gasteiger charge is 2.22. The summed E-state index contributed by atoms with van der Waals surface area (Å²) >= 11 is 1.28. The minimum Gasteiger partial charge on any atom is -0.480 e. The van der Waals surface area contributed by atoms with Crippen LogP contribution in [0.25, 0.3) is 10.8 Å². The summed E-state index contributed by atoms with van der Waals surface area (Å²) < 4.78 is 5.46. The van der Waals surface area contributed by atoms with E-state index < -0.39 is 17.9 Å². The van der Waals surface area contributed by atoms with Crippen LogP contribution >= 0.6 is 11.3 Å². The van der Waals surface area contributed by atoms with Crippen molar-refractivity contribution in [3.8, 4) is 10.8 Å². The lowest BCUT2D eigenvalue weighted by Crippen LogP contribution is -2.40. The maximum atomic E-state index is 12.1. The van der Waals surface area contributed by atoms with Crippen LogP contribution in [0.4, 0.5) is 0 Å². The Kier molecular flexibility index (Phi) is 5.32. The van der Waals surface area contributed by atoms with Crippen molar-refractivity contribution in [2.75, 3.05) is 0 Å². The Morgan fingerprint density at radius 3 is 2.82 bits per heavy atom. The summed E-state index contributed by atoms with van der Waals surface area (Å²) in [6.45, 7) is 3.80. The number of hydrogen-bond donors (Lipinski definition) is 2. The van der Waals surface area contributed by atoms with Gasteiger partial charge in [-0.05, 0) is 25.5 Å². The van der Waals surface area contributed by atoms with Gasteiger partial charge in [0.25, 0.3) is 5.91 Å². The van der Waals surface area contributed by atoms with Crippen molar-refractivity contribution in [2.45, 2.75) is 39.2 Å². The van der Waals surface area contributed by atoms with E-state index in [9.17, 15) is 9.59 Å². The predicted octanol–water partition coefficient (Wildman–Crippen LogP) is 3.08. The van der Waals surface area contributed by atoms with E-state index in [-0.39, 0.29) is 5.69 Å². The summed E-state index contributed by atoms with van der Waals surface area (Å²) in [5.41, 5.74) is 0.205. The Bertz CT molecular complexity index is 662. The molecule has 0 radical (unpaired) electrons. The average molecular weight is 322 g/mol. The smallest absolute Gasteiger partial charge is 0.326 e. The van der Waals surface area contributed by atoms with Crippen LogP contribution in [0, 0.1) is 6.92 Å². The molecular formula is C15H18N2O4S. The van der Waals surface area contributed by atoms with Gasteiger partial charge in [-0.3, -0.25) is 4.79 Å². The first-order valence-electron chi connectivity index (χ1n) is 7.07. The fourth-order valence-corrected chi connectivity index (χ4v) is 2.70. The number of amides is 1. The van der Waals surface area contributed by atoms with Gasteiger partial charge in [-0.15, -0.1) is 11.3 Å². The molecule has 0 saturated carbocycles. The first-order chi connectivity index (χ1) is 10.5. The number of aliphatic carboxylic acids is 1. The third kappa shape index (κ3) is 3.94. The monoisotopic (exact) mass is 322 g/mol. The Labute approximate surface area is 132 Å². The number of rotatable bonds is 7. The minimum absolute atomic E-state index is 0.205. The number of unbranched alkanes of at least 4 members (excludes halogenated alkanes) is 1. The number of furan rings is 1. The van der Waals surface area contributed by atoms with Gasteiger partial charge in [-0.1, -0.05) is 19.8 Å². The summed E-state index contributed by atoms with van der Waals surface area (Å²) in [6, 6.07) is 2.72. The van der Waals surface area contributed by atoms with E-state index >= 15 is 0 Å². The van der Waals surface area contributed by atoms with Gasteiger partial charge < -0.3 is 14.8 Å². The van der Waals surface area contributed by atoms with Crippen molar-refractivity contribution in [1.82, 2.24) is 10.3 Å². The van der Waals surface area contributed by atoms with Crippen LogP contribution in [0.15, 0.2) is 21.9 Å². The number of carboxylic acids is 1. The third-order valence-electron chi connectivity index (χ3n) is 3.14. The molecule has 0 aliphatic rings. The summed E-state index contributed by atoms with van der Waals surface area (Å²) in [7, 11) is 0. The van der Waals surface area contributed by atoms with Crippen molar-refractivity contribution in [1.29, 1.82) is 0 Å². The van der Waals surface area contributed by atoms with Gasteiger partial charge in [0.15, 0.2) is 10.8 Å². The van der Waals surface area contributed by atoms with Gasteiger partial charge in [0.05, 0.1) is 0 Å². The first kappa shape index (κ1) is 16.2. The lowest BCUT2D eigenvalue weighted by atomic mass is 10.1. The number of carbonyl (C=O) groups is 2. The zero-order valence-electron chi connectivity index (χ0n) is 12.5. The lowest BCUT2D eigenvalue weighted by molar-refractivity contribution is -0.139. The quantitative estimate of drug-likeness (QED) is 0.817. The second-order valence-corrected chi connectivity index (χ2v) is 5.81. The standard InChI is InChI=1S/C15H18N2O4S/c1-3-4-5-10(15(19)20)16-13(18)11-8-22-14(17-11)12-7-6-9(2)21-12/h6-8,10H,3-5H2,1-2H3,(H,16,18)(H,19,20)/t10-/m0/s1. The number of thiazole rings is 1. The van der Waals surface area contributed by atoms with E-state index in [1.54, 1.807) is 11.4 Å². The van der Waals surface area contributed by atoms with E-state index in [4.69, 9.17) is 9.52 Å². The van der Waals surface area contributed by atoms with Crippen LogP contribution in [0.1, 0.15) is 42.4 Å².